The molecule has 3 heterocycles. The molecule has 2 aliphatic rings. The Balaban J connectivity index is 1.59. The van der Waals surface area contributed by atoms with Gasteiger partial charge in [-0.15, -0.1) is 0 Å². The summed E-state index contributed by atoms with van der Waals surface area (Å²) in [6.45, 7) is 2.04. The number of likely N-dealkylation sites (tertiary alicyclic amines) is 1. The summed E-state index contributed by atoms with van der Waals surface area (Å²) in [7, 11) is 1.90. The maximum atomic E-state index is 13.0. The first-order valence-corrected chi connectivity index (χ1v) is 8.41. The van der Waals surface area contributed by atoms with Crippen molar-refractivity contribution >= 4 is 5.91 Å². The largest absolute Gasteiger partial charge is 0.490 e. The van der Waals surface area contributed by atoms with E-state index in [1.54, 1.807) is 4.68 Å². The predicted octanol–water partition coefficient (Wildman–Crippen LogP) is 2.56. The number of carbonyl (C=O) groups excluding carboxylic acids is 1. The lowest BCUT2D eigenvalue weighted by atomic mass is 10.1. The lowest BCUT2D eigenvalue weighted by molar-refractivity contribution is 0.0735. The van der Waals surface area contributed by atoms with Gasteiger partial charge in [0.15, 0.2) is 11.5 Å². The summed E-state index contributed by atoms with van der Waals surface area (Å²) in [5.41, 5.74) is 1.74. The van der Waals surface area contributed by atoms with Crippen molar-refractivity contribution in [1.82, 2.24) is 14.7 Å². The zero-order valence-corrected chi connectivity index (χ0v) is 13.8. The molecule has 126 valence electrons. The number of rotatable bonds is 2. The van der Waals surface area contributed by atoms with Gasteiger partial charge in [-0.25, -0.2) is 0 Å². The molecule has 1 saturated heterocycles. The van der Waals surface area contributed by atoms with E-state index in [4.69, 9.17) is 9.47 Å². The van der Waals surface area contributed by atoms with Gasteiger partial charge in [-0.05, 0) is 31.0 Å². The van der Waals surface area contributed by atoms with E-state index < -0.39 is 0 Å². The Hall–Kier alpha value is -2.50. The van der Waals surface area contributed by atoms with E-state index >= 15 is 0 Å². The van der Waals surface area contributed by atoms with E-state index in [1.165, 1.54) is 0 Å². The van der Waals surface area contributed by atoms with Crippen LogP contribution < -0.4 is 9.47 Å². The zero-order chi connectivity index (χ0) is 16.5. The second-order valence-electron chi connectivity index (χ2n) is 6.32. The van der Waals surface area contributed by atoms with Crippen LogP contribution in [-0.2, 0) is 7.05 Å². The Bertz CT molecular complexity index is 756. The van der Waals surface area contributed by atoms with Crippen LogP contribution >= 0.6 is 0 Å². The van der Waals surface area contributed by atoms with Crippen LogP contribution in [0.1, 0.15) is 41.2 Å². The number of carbonyl (C=O) groups is 1. The van der Waals surface area contributed by atoms with Gasteiger partial charge in [0.25, 0.3) is 5.91 Å². The fourth-order valence-electron chi connectivity index (χ4n) is 3.43. The molecule has 1 amide bonds. The van der Waals surface area contributed by atoms with Gasteiger partial charge in [-0.3, -0.25) is 9.48 Å². The summed E-state index contributed by atoms with van der Waals surface area (Å²) < 4.78 is 13.1. The fourth-order valence-corrected chi connectivity index (χ4v) is 3.43. The maximum Gasteiger partial charge on any atom is 0.254 e. The molecule has 24 heavy (non-hydrogen) atoms. The van der Waals surface area contributed by atoms with E-state index in [-0.39, 0.29) is 11.9 Å². The van der Waals surface area contributed by atoms with Gasteiger partial charge in [0.1, 0.15) is 0 Å². The number of fused-ring (bicyclic) bond motifs is 1. The highest BCUT2D eigenvalue weighted by Crippen LogP contribution is 2.35. The van der Waals surface area contributed by atoms with E-state index in [0.29, 0.717) is 30.3 Å². The molecule has 0 aliphatic carbocycles. The summed E-state index contributed by atoms with van der Waals surface area (Å²) in [6, 6.07) is 5.57. The van der Waals surface area contributed by atoms with Gasteiger partial charge in [-0.2, -0.15) is 5.10 Å². The van der Waals surface area contributed by atoms with Gasteiger partial charge in [0, 0.05) is 37.3 Å². The summed E-state index contributed by atoms with van der Waals surface area (Å²) in [5.74, 6) is 1.42. The Morgan fingerprint density at radius 2 is 2.04 bits per heavy atom. The Morgan fingerprint density at radius 3 is 2.83 bits per heavy atom. The number of hydrogen-bond acceptors (Lipinski definition) is 4. The Morgan fingerprint density at radius 1 is 1.21 bits per heavy atom. The van der Waals surface area contributed by atoms with Crippen LogP contribution in [0.15, 0.2) is 30.6 Å². The minimum absolute atomic E-state index is 0.0389. The van der Waals surface area contributed by atoms with Crippen molar-refractivity contribution in [2.45, 2.75) is 25.3 Å². The average Bonchev–Trinajstić information content (AvgIpc) is 3.17. The SMILES string of the molecule is Cn1cc([C@H]2CCCN2C(=O)c2ccc3c(c2)OCCCO3)cn1. The van der Waals surface area contributed by atoms with Crippen molar-refractivity contribution < 1.29 is 14.3 Å². The van der Waals surface area contributed by atoms with Crippen LogP contribution in [0.5, 0.6) is 11.5 Å². The van der Waals surface area contributed by atoms with Gasteiger partial charge in [0.2, 0.25) is 0 Å². The number of benzene rings is 1. The average molecular weight is 327 g/mol. The fraction of sp³-hybridized carbons (Fsp3) is 0.444. The number of hydrogen-bond donors (Lipinski definition) is 0. The van der Waals surface area contributed by atoms with E-state index in [9.17, 15) is 4.79 Å². The van der Waals surface area contributed by atoms with E-state index in [1.807, 2.05) is 42.5 Å². The van der Waals surface area contributed by atoms with Crippen molar-refractivity contribution in [3.63, 3.8) is 0 Å². The van der Waals surface area contributed by atoms with Gasteiger partial charge in [-0.1, -0.05) is 0 Å². The molecule has 0 bridgehead atoms. The zero-order valence-electron chi connectivity index (χ0n) is 13.8. The number of aryl methyl sites for hydroxylation is 1. The number of amides is 1. The smallest absolute Gasteiger partial charge is 0.254 e. The van der Waals surface area contributed by atoms with Crippen LogP contribution in [0.4, 0.5) is 0 Å². The highest BCUT2D eigenvalue weighted by molar-refractivity contribution is 5.95. The first-order valence-electron chi connectivity index (χ1n) is 8.41. The summed E-state index contributed by atoms with van der Waals surface area (Å²) in [4.78, 5) is 15.0. The molecule has 0 saturated carbocycles. The molecular formula is C18H21N3O3. The molecule has 6 heteroatoms. The molecule has 2 aliphatic heterocycles. The minimum atomic E-state index is 0.0389. The van der Waals surface area contributed by atoms with Crippen LogP contribution in [0.25, 0.3) is 0 Å². The molecule has 1 atom stereocenters. The minimum Gasteiger partial charge on any atom is -0.490 e. The monoisotopic (exact) mass is 327 g/mol. The van der Waals surface area contributed by atoms with Crippen LogP contribution in [0, 0.1) is 0 Å². The molecule has 4 rings (SSSR count). The molecular weight excluding hydrogens is 306 g/mol. The van der Waals surface area contributed by atoms with Gasteiger partial charge in [0.05, 0.1) is 25.5 Å². The summed E-state index contributed by atoms with van der Waals surface area (Å²) >= 11 is 0. The van der Waals surface area contributed by atoms with Gasteiger partial charge < -0.3 is 14.4 Å². The second kappa shape index (κ2) is 6.19. The molecule has 0 unspecified atom stereocenters. The second-order valence-corrected chi connectivity index (χ2v) is 6.32. The third-order valence-electron chi connectivity index (χ3n) is 4.62. The van der Waals surface area contributed by atoms with Crippen LogP contribution in [0.2, 0.25) is 0 Å². The van der Waals surface area contributed by atoms with Crippen LogP contribution in [-0.4, -0.2) is 40.3 Å². The van der Waals surface area contributed by atoms with E-state index in [0.717, 1.165) is 31.4 Å². The summed E-state index contributed by atoms with van der Waals surface area (Å²) in [6.07, 6.45) is 6.68. The highest BCUT2D eigenvalue weighted by atomic mass is 16.5. The molecule has 0 radical (unpaired) electrons. The maximum absolute atomic E-state index is 13.0. The van der Waals surface area contributed by atoms with Crippen molar-refractivity contribution in [3.8, 4) is 11.5 Å². The van der Waals surface area contributed by atoms with Gasteiger partial charge >= 0.3 is 0 Å². The molecule has 1 fully saturated rings. The number of nitrogens with zero attached hydrogens (tertiary/aromatic N) is 3. The van der Waals surface area contributed by atoms with Crippen LogP contribution in [0.3, 0.4) is 0 Å². The Labute approximate surface area is 141 Å². The lowest BCUT2D eigenvalue weighted by Crippen LogP contribution is -2.30. The first-order chi connectivity index (χ1) is 11.7. The third-order valence-corrected chi connectivity index (χ3v) is 4.62. The molecule has 0 N–H and O–H groups in total. The molecule has 6 nitrogen and oxygen atoms in total. The molecule has 2 aromatic rings. The topological polar surface area (TPSA) is 56.6 Å². The van der Waals surface area contributed by atoms with Crippen molar-refractivity contribution in [1.29, 1.82) is 0 Å². The molecule has 1 aromatic heterocycles. The van der Waals surface area contributed by atoms with Crippen molar-refractivity contribution in [2.24, 2.45) is 7.05 Å². The summed E-state index contributed by atoms with van der Waals surface area (Å²) in [5, 5.41) is 4.24. The first kappa shape index (κ1) is 15.1. The standard InChI is InChI=1S/C18H21N3O3/c1-20-12-14(11-19-20)15-4-2-7-21(15)18(22)13-5-6-16-17(10-13)24-9-3-8-23-16/h5-6,10-12,15H,2-4,7-9H2,1H3/t15-/m1/s1. The number of ether oxygens (including phenoxy) is 2. The predicted molar refractivity (Wildman–Crippen MR) is 88.3 cm³/mol. The van der Waals surface area contributed by atoms with Crippen molar-refractivity contribution in [3.05, 3.63) is 41.7 Å². The third kappa shape index (κ3) is 2.72. The van der Waals surface area contributed by atoms with Crippen molar-refractivity contribution in [2.75, 3.05) is 19.8 Å². The Kier molecular flexibility index (Phi) is 3.88. The lowest BCUT2D eigenvalue weighted by Gasteiger charge is -2.24. The highest BCUT2D eigenvalue weighted by Gasteiger charge is 2.31. The molecule has 0 spiro atoms. The number of aromatic nitrogens is 2. The van der Waals surface area contributed by atoms with E-state index in [2.05, 4.69) is 5.10 Å². The normalized spacial score (nSPS) is 20.0. The molecule has 1 aromatic carbocycles. The quantitative estimate of drug-likeness (QED) is 0.851.